The van der Waals surface area contributed by atoms with Crippen molar-refractivity contribution in [3.63, 3.8) is 0 Å². The zero-order valence-corrected chi connectivity index (χ0v) is 11.3. The molecule has 1 aliphatic rings. The SMILES string of the molecule is NC(=O)c1ncn([C@H]2CC(=O)[C@@H](CO[P+](=O)S)O2)n1. The summed E-state index contributed by atoms with van der Waals surface area (Å²) >= 11 is 3.56. The number of thiol groups is 1. The minimum absolute atomic E-state index is 0.0545. The summed E-state index contributed by atoms with van der Waals surface area (Å²) in [5, 5.41) is 3.80. The Morgan fingerprint density at radius 3 is 3.05 bits per heavy atom. The number of aromatic nitrogens is 3. The number of ketones is 1. The van der Waals surface area contributed by atoms with Crippen molar-refractivity contribution in [2.75, 3.05) is 6.61 Å². The molecule has 0 saturated carbocycles. The maximum atomic E-state index is 11.6. The molecule has 1 aliphatic heterocycles. The lowest BCUT2D eigenvalue weighted by Crippen LogP contribution is -2.21. The highest BCUT2D eigenvalue weighted by atomic mass is 32.7. The smallest absolute Gasteiger partial charge is 0.363 e. The Morgan fingerprint density at radius 1 is 1.74 bits per heavy atom. The molecule has 19 heavy (non-hydrogen) atoms. The highest BCUT2D eigenvalue weighted by molar-refractivity contribution is 8.39. The van der Waals surface area contributed by atoms with Crippen LogP contribution in [0.3, 0.4) is 0 Å². The lowest BCUT2D eigenvalue weighted by atomic mass is 10.2. The molecule has 102 valence electrons. The van der Waals surface area contributed by atoms with Gasteiger partial charge in [0.15, 0.2) is 12.0 Å². The van der Waals surface area contributed by atoms with Crippen molar-refractivity contribution in [3.8, 4) is 0 Å². The summed E-state index contributed by atoms with van der Waals surface area (Å²) in [5.74, 6) is -1.14. The molecule has 1 aromatic heterocycles. The maximum absolute atomic E-state index is 11.6. The monoisotopic (exact) mass is 305 g/mol. The average Bonchev–Trinajstić information content (AvgIpc) is 2.92. The van der Waals surface area contributed by atoms with Crippen LogP contribution in [-0.2, 0) is 18.6 Å². The van der Waals surface area contributed by atoms with Gasteiger partial charge in [-0.1, -0.05) is 0 Å². The predicted molar refractivity (Wildman–Crippen MR) is 64.6 cm³/mol. The maximum Gasteiger partial charge on any atom is 0.582 e. The van der Waals surface area contributed by atoms with Gasteiger partial charge in [0, 0.05) is 0 Å². The summed E-state index contributed by atoms with van der Waals surface area (Å²) in [7, 11) is -2.09. The van der Waals surface area contributed by atoms with Crippen molar-refractivity contribution in [2.24, 2.45) is 5.73 Å². The van der Waals surface area contributed by atoms with Crippen LogP contribution in [0, 0.1) is 0 Å². The molecule has 1 aromatic rings. The van der Waals surface area contributed by atoms with E-state index in [1.807, 2.05) is 0 Å². The number of carbonyl (C=O) groups is 2. The molecule has 0 aromatic carbocycles. The summed E-state index contributed by atoms with van der Waals surface area (Å²) in [6.07, 6.45) is -0.212. The Bertz CT molecular complexity index is 535. The van der Waals surface area contributed by atoms with E-state index in [0.29, 0.717) is 0 Å². The molecule has 0 bridgehead atoms. The van der Waals surface area contributed by atoms with Crippen LogP contribution in [0.4, 0.5) is 0 Å². The summed E-state index contributed by atoms with van der Waals surface area (Å²) in [5.41, 5.74) is 5.02. The fraction of sp³-hybridized carbons (Fsp3) is 0.500. The van der Waals surface area contributed by atoms with Gasteiger partial charge in [0.2, 0.25) is 5.82 Å². The highest BCUT2D eigenvalue weighted by Crippen LogP contribution is 2.30. The third kappa shape index (κ3) is 3.35. The van der Waals surface area contributed by atoms with Crippen LogP contribution in [-0.4, -0.2) is 39.2 Å². The van der Waals surface area contributed by atoms with E-state index in [-0.39, 0.29) is 24.6 Å². The molecule has 1 fully saturated rings. The first-order valence-corrected chi connectivity index (χ1v) is 7.48. The van der Waals surface area contributed by atoms with Gasteiger partial charge in [0.1, 0.15) is 31.3 Å². The van der Waals surface area contributed by atoms with Gasteiger partial charge in [-0.15, -0.1) is 9.62 Å². The van der Waals surface area contributed by atoms with Gasteiger partial charge in [-0.05, 0) is 4.57 Å². The Labute approximate surface area is 113 Å². The van der Waals surface area contributed by atoms with E-state index in [4.69, 9.17) is 15.0 Å². The zero-order valence-electron chi connectivity index (χ0n) is 9.50. The van der Waals surface area contributed by atoms with Crippen molar-refractivity contribution >= 4 is 31.2 Å². The summed E-state index contributed by atoms with van der Waals surface area (Å²) in [6, 6.07) is 0. The number of carbonyl (C=O) groups excluding carboxylic acids is 2. The first kappa shape index (κ1) is 14.1. The fourth-order valence-electron chi connectivity index (χ4n) is 1.56. The van der Waals surface area contributed by atoms with Gasteiger partial charge >= 0.3 is 7.23 Å². The molecule has 1 amide bonds. The van der Waals surface area contributed by atoms with Gasteiger partial charge in [-0.3, -0.25) is 9.59 Å². The molecule has 11 heteroatoms. The number of primary amides is 1. The molecule has 0 radical (unpaired) electrons. The lowest BCUT2D eigenvalue weighted by Gasteiger charge is -2.09. The number of nitrogens with two attached hydrogens (primary N) is 1. The second-order valence-electron chi connectivity index (χ2n) is 3.70. The van der Waals surface area contributed by atoms with Crippen LogP contribution >= 0.6 is 19.5 Å². The normalized spacial score (nSPS) is 23.6. The molecule has 2 rings (SSSR count). The average molecular weight is 305 g/mol. The highest BCUT2D eigenvalue weighted by Gasteiger charge is 2.37. The van der Waals surface area contributed by atoms with E-state index >= 15 is 0 Å². The second kappa shape index (κ2) is 5.74. The van der Waals surface area contributed by atoms with Crippen molar-refractivity contribution in [3.05, 3.63) is 12.2 Å². The molecule has 2 heterocycles. The predicted octanol–water partition coefficient (Wildman–Crippen LogP) is -0.163. The summed E-state index contributed by atoms with van der Waals surface area (Å²) < 4.78 is 22.0. The van der Waals surface area contributed by atoms with Gasteiger partial charge in [0.05, 0.1) is 6.42 Å². The molecule has 1 saturated heterocycles. The van der Waals surface area contributed by atoms with Crippen molar-refractivity contribution in [1.82, 2.24) is 14.8 Å². The van der Waals surface area contributed by atoms with E-state index in [1.54, 1.807) is 0 Å². The molecule has 2 N–H and O–H groups in total. The fourth-order valence-corrected chi connectivity index (χ4v) is 2.03. The van der Waals surface area contributed by atoms with E-state index in [0.717, 1.165) is 0 Å². The van der Waals surface area contributed by atoms with E-state index in [1.165, 1.54) is 11.0 Å². The Morgan fingerprint density at radius 2 is 2.47 bits per heavy atom. The standard InChI is InChI=1S/C8H9N4O5PS/c9-7(14)8-10-3-12(11-8)6-1-4(13)5(17-6)2-16-18(15)19/h3,5-6H,1-2H2,(H2-,9,14,15,19)/p+1/t5-,6-/m1/s1. The Hall–Kier alpha value is -1.35. The van der Waals surface area contributed by atoms with Crippen molar-refractivity contribution in [1.29, 1.82) is 0 Å². The number of hydrogen-bond acceptors (Lipinski definition) is 7. The minimum atomic E-state index is -2.09. The Balaban J connectivity index is 2.01. The number of Topliss-reactive ketones (excluding diaryl/α,β-unsaturated/α-hetero) is 1. The number of hydrogen-bond donors (Lipinski definition) is 2. The Kier molecular flexibility index (Phi) is 4.25. The number of amides is 1. The number of ether oxygens (including phenoxy) is 1. The van der Waals surface area contributed by atoms with E-state index in [9.17, 15) is 14.2 Å². The molecular weight excluding hydrogens is 295 g/mol. The van der Waals surface area contributed by atoms with Crippen LogP contribution in [0.2, 0.25) is 0 Å². The molecule has 0 spiro atoms. The van der Waals surface area contributed by atoms with E-state index in [2.05, 4.69) is 22.3 Å². The summed E-state index contributed by atoms with van der Waals surface area (Å²) in [4.78, 5) is 26.2. The minimum Gasteiger partial charge on any atom is -0.363 e. The lowest BCUT2D eigenvalue weighted by molar-refractivity contribution is -0.124. The molecule has 0 aliphatic carbocycles. The van der Waals surface area contributed by atoms with Crippen LogP contribution < -0.4 is 5.73 Å². The van der Waals surface area contributed by atoms with Gasteiger partial charge in [-0.25, -0.2) is 9.67 Å². The second-order valence-corrected chi connectivity index (χ2v) is 5.41. The van der Waals surface area contributed by atoms with Crippen LogP contribution in [0.15, 0.2) is 6.33 Å². The molecular formula is C8H10N4O5PS+. The van der Waals surface area contributed by atoms with Gasteiger partial charge in [0.25, 0.3) is 5.91 Å². The molecule has 9 nitrogen and oxygen atoms in total. The topological polar surface area (TPSA) is 126 Å². The van der Waals surface area contributed by atoms with Gasteiger partial charge in [-0.2, -0.15) is 0 Å². The van der Waals surface area contributed by atoms with Crippen molar-refractivity contribution in [2.45, 2.75) is 18.8 Å². The first-order chi connectivity index (χ1) is 8.97. The van der Waals surface area contributed by atoms with Gasteiger partial charge < -0.3 is 10.5 Å². The number of nitrogens with zero attached hydrogens (tertiary/aromatic N) is 3. The van der Waals surface area contributed by atoms with E-state index < -0.39 is 25.5 Å². The largest absolute Gasteiger partial charge is 0.582 e. The number of rotatable bonds is 5. The zero-order chi connectivity index (χ0) is 14.0. The summed E-state index contributed by atoms with van der Waals surface area (Å²) in [6.45, 7) is -0.147. The van der Waals surface area contributed by atoms with Crippen LogP contribution in [0.1, 0.15) is 23.3 Å². The van der Waals surface area contributed by atoms with Crippen molar-refractivity contribution < 1.29 is 23.4 Å². The molecule has 1 unspecified atom stereocenters. The third-order valence-corrected chi connectivity index (χ3v) is 3.13. The molecule has 3 atom stereocenters. The van der Waals surface area contributed by atoms with Crippen LogP contribution in [0.5, 0.6) is 0 Å². The quantitative estimate of drug-likeness (QED) is 0.571. The first-order valence-electron chi connectivity index (χ1n) is 5.15. The van der Waals surface area contributed by atoms with Crippen LogP contribution in [0.25, 0.3) is 0 Å². The third-order valence-electron chi connectivity index (χ3n) is 2.42.